The Bertz CT molecular complexity index is 389. The first kappa shape index (κ1) is 20.7. The van der Waals surface area contributed by atoms with E-state index in [1.165, 1.54) is 50.7 Å². The second-order valence-corrected chi connectivity index (χ2v) is 6.86. The molecule has 0 N–H and O–H groups in total. The molecule has 2 atom stereocenters. The van der Waals surface area contributed by atoms with Crippen molar-refractivity contribution in [2.24, 2.45) is 5.92 Å². The average molecular weight is 338 g/mol. The van der Waals surface area contributed by atoms with Crippen molar-refractivity contribution in [3.05, 3.63) is 12.2 Å². The zero-order chi connectivity index (χ0) is 17.6. The Morgan fingerprint density at radius 1 is 0.917 bits per heavy atom. The van der Waals surface area contributed by atoms with E-state index in [2.05, 4.69) is 13.8 Å². The van der Waals surface area contributed by atoms with Gasteiger partial charge in [-0.05, 0) is 31.6 Å². The first-order valence-electron chi connectivity index (χ1n) is 9.69. The number of carbonyl (C=O) groups is 2. The van der Waals surface area contributed by atoms with E-state index < -0.39 is 11.9 Å². The molecule has 0 heterocycles. The van der Waals surface area contributed by atoms with E-state index in [4.69, 9.17) is 9.47 Å². The first-order chi connectivity index (χ1) is 11.6. The van der Waals surface area contributed by atoms with Crippen LogP contribution in [-0.2, 0) is 19.1 Å². The van der Waals surface area contributed by atoms with Crippen LogP contribution in [0.4, 0.5) is 0 Å². The monoisotopic (exact) mass is 338 g/mol. The van der Waals surface area contributed by atoms with Gasteiger partial charge >= 0.3 is 11.9 Å². The maximum atomic E-state index is 11.7. The Hall–Kier alpha value is -1.32. The molecule has 0 aromatic rings. The maximum Gasteiger partial charge on any atom is 0.331 e. The molecule has 0 radical (unpaired) electrons. The molecule has 138 valence electrons. The highest BCUT2D eigenvalue weighted by molar-refractivity contribution is 5.91. The standard InChI is InChI=1S/C20H34O4/c1-3-4-5-6-7-8-11-16-23-19(21)14-15-20(22)24-18-13-10-9-12-17(18)2/h14-15,17-18H,3-13,16H2,1-2H3/b15-14+. The summed E-state index contributed by atoms with van der Waals surface area (Å²) in [5, 5.41) is 0. The van der Waals surface area contributed by atoms with E-state index in [0.717, 1.165) is 32.1 Å². The van der Waals surface area contributed by atoms with Crippen molar-refractivity contribution in [2.75, 3.05) is 6.61 Å². The van der Waals surface area contributed by atoms with Gasteiger partial charge in [-0.15, -0.1) is 0 Å². The van der Waals surface area contributed by atoms with Crippen LogP contribution in [0.25, 0.3) is 0 Å². The molecule has 4 heteroatoms. The molecule has 1 aliphatic rings. The smallest absolute Gasteiger partial charge is 0.331 e. The van der Waals surface area contributed by atoms with E-state index in [-0.39, 0.29) is 6.10 Å². The van der Waals surface area contributed by atoms with Crippen molar-refractivity contribution in [1.82, 2.24) is 0 Å². The van der Waals surface area contributed by atoms with Crippen molar-refractivity contribution in [1.29, 1.82) is 0 Å². The van der Waals surface area contributed by atoms with Gasteiger partial charge in [0.25, 0.3) is 0 Å². The maximum absolute atomic E-state index is 11.7. The second kappa shape index (κ2) is 13.0. The van der Waals surface area contributed by atoms with E-state index in [0.29, 0.717) is 12.5 Å². The lowest BCUT2D eigenvalue weighted by Crippen LogP contribution is -2.27. The van der Waals surface area contributed by atoms with Crippen molar-refractivity contribution in [3.63, 3.8) is 0 Å². The number of hydrogen-bond donors (Lipinski definition) is 0. The molecule has 0 saturated heterocycles. The van der Waals surface area contributed by atoms with Crippen LogP contribution in [0.15, 0.2) is 12.2 Å². The van der Waals surface area contributed by atoms with Gasteiger partial charge in [-0.25, -0.2) is 9.59 Å². The third kappa shape index (κ3) is 9.74. The number of esters is 2. The van der Waals surface area contributed by atoms with Crippen LogP contribution in [0.1, 0.15) is 84.5 Å². The molecule has 1 saturated carbocycles. The normalized spacial score (nSPS) is 20.9. The van der Waals surface area contributed by atoms with Gasteiger partial charge in [-0.1, -0.05) is 58.8 Å². The SMILES string of the molecule is CCCCCCCCCOC(=O)/C=C/C(=O)OC1CCCCC1C. The van der Waals surface area contributed by atoms with Crippen molar-refractivity contribution >= 4 is 11.9 Å². The second-order valence-electron chi connectivity index (χ2n) is 6.86. The quantitative estimate of drug-likeness (QED) is 0.303. The molecule has 0 bridgehead atoms. The molecule has 0 aromatic heterocycles. The highest BCUT2D eigenvalue weighted by Crippen LogP contribution is 2.26. The topological polar surface area (TPSA) is 52.6 Å². The van der Waals surface area contributed by atoms with Crippen molar-refractivity contribution in [2.45, 2.75) is 90.6 Å². The molecule has 4 nitrogen and oxygen atoms in total. The molecule has 0 aliphatic heterocycles. The summed E-state index contributed by atoms with van der Waals surface area (Å²) in [6.45, 7) is 4.74. The van der Waals surface area contributed by atoms with Crippen LogP contribution in [-0.4, -0.2) is 24.6 Å². The molecule has 1 fully saturated rings. The predicted molar refractivity (Wildman–Crippen MR) is 95.6 cm³/mol. The summed E-state index contributed by atoms with van der Waals surface area (Å²) < 4.78 is 10.5. The third-order valence-corrected chi connectivity index (χ3v) is 4.65. The summed E-state index contributed by atoms with van der Waals surface area (Å²) in [5.74, 6) is -0.503. The van der Waals surface area contributed by atoms with E-state index in [1.807, 2.05) is 0 Å². The summed E-state index contributed by atoms with van der Waals surface area (Å²) in [7, 11) is 0. The molecular formula is C20H34O4. The molecule has 2 unspecified atom stereocenters. The highest BCUT2D eigenvalue weighted by Gasteiger charge is 2.23. The van der Waals surface area contributed by atoms with Gasteiger partial charge in [0.1, 0.15) is 6.10 Å². The summed E-state index contributed by atoms with van der Waals surface area (Å²) in [6, 6.07) is 0. The predicted octanol–water partition coefficient (Wildman–Crippen LogP) is 4.96. The summed E-state index contributed by atoms with van der Waals surface area (Å²) in [4.78, 5) is 23.3. The van der Waals surface area contributed by atoms with Crippen LogP contribution in [0.3, 0.4) is 0 Å². The van der Waals surface area contributed by atoms with Crippen LogP contribution in [0.5, 0.6) is 0 Å². The number of carbonyl (C=O) groups excluding carboxylic acids is 2. The van der Waals surface area contributed by atoms with Crippen LogP contribution in [0, 0.1) is 5.92 Å². The van der Waals surface area contributed by atoms with E-state index >= 15 is 0 Å². The average Bonchev–Trinajstić information content (AvgIpc) is 2.57. The highest BCUT2D eigenvalue weighted by atomic mass is 16.5. The molecule has 1 rings (SSSR count). The summed E-state index contributed by atoms with van der Waals surface area (Å²) >= 11 is 0. The molecule has 0 spiro atoms. The minimum atomic E-state index is -0.463. The molecule has 24 heavy (non-hydrogen) atoms. The lowest BCUT2D eigenvalue weighted by Gasteiger charge is -2.27. The van der Waals surface area contributed by atoms with Crippen LogP contribution in [0.2, 0.25) is 0 Å². The lowest BCUT2D eigenvalue weighted by atomic mass is 9.88. The Morgan fingerprint density at radius 3 is 2.25 bits per heavy atom. The van der Waals surface area contributed by atoms with Gasteiger partial charge < -0.3 is 9.47 Å². The fraction of sp³-hybridized carbons (Fsp3) is 0.800. The van der Waals surface area contributed by atoms with Crippen LogP contribution >= 0.6 is 0 Å². The number of ether oxygens (including phenoxy) is 2. The number of rotatable bonds is 11. The molecule has 0 aromatic carbocycles. The minimum Gasteiger partial charge on any atom is -0.463 e. The zero-order valence-electron chi connectivity index (χ0n) is 15.4. The number of unbranched alkanes of at least 4 members (excludes halogenated alkanes) is 6. The summed E-state index contributed by atoms with van der Waals surface area (Å²) in [5.41, 5.74) is 0. The van der Waals surface area contributed by atoms with Gasteiger partial charge in [-0.3, -0.25) is 0 Å². The van der Waals surface area contributed by atoms with E-state index in [1.54, 1.807) is 0 Å². The first-order valence-corrected chi connectivity index (χ1v) is 9.69. The van der Waals surface area contributed by atoms with Gasteiger partial charge in [0, 0.05) is 12.2 Å². The Kier molecular flexibility index (Phi) is 11.2. The third-order valence-electron chi connectivity index (χ3n) is 4.65. The Balaban J connectivity index is 2.06. The van der Waals surface area contributed by atoms with Gasteiger partial charge in [0.15, 0.2) is 0 Å². The fourth-order valence-electron chi connectivity index (χ4n) is 3.06. The molecular weight excluding hydrogens is 304 g/mol. The van der Waals surface area contributed by atoms with Gasteiger partial charge in [0.05, 0.1) is 6.61 Å². The molecule has 1 aliphatic carbocycles. The zero-order valence-corrected chi connectivity index (χ0v) is 15.4. The number of hydrogen-bond acceptors (Lipinski definition) is 4. The van der Waals surface area contributed by atoms with Crippen molar-refractivity contribution in [3.8, 4) is 0 Å². The lowest BCUT2D eigenvalue weighted by molar-refractivity contribution is -0.147. The molecule has 0 amide bonds. The summed E-state index contributed by atoms with van der Waals surface area (Å²) in [6.07, 6.45) is 15.0. The van der Waals surface area contributed by atoms with Crippen LogP contribution < -0.4 is 0 Å². The fourth-order valence-corrected chi connectivity index (χ4v) is 3.06. The Morgan fingerprint density at radius 2 is 1.54 bits per heavy atom. The van der Waals surface area contributed by atoms with Gasteiger partial charge in [-0.2, -0.15) is 0 Å². The van der Waals surface area contributed by atoms with Gasteiger partial charge in [0.2, 0.25) is 0 Å². The minimum absolute atomic E-state index is 0.0142. The Labute approximate surface area is 147 Å². The van der Waals surface area contributed by atoms with E-state index in [9.17, 15) is 9.59 Å². The van der Waals surface area contributed by atoms with Crippen molar-refractivity contribution < 1.29 is 19.1 Å². The largest absolute Gasteiger partial charge is 0.463 e.